The first kappa shape index (κ1) is 21.6. The number of rotatable bonds is 6. The van der Waals surface area contributed by atoms with E-state index in [1.54, 1.807) is 0 Å². The second-order valence-electron chi connectivity index (χ2n) is 9.26. The van der Waals surface area contributed by atoms with Crippen LogP contribution < -0.4 is 0 Å². The van der Waals surface area contributed by atoms with Crippen molar-refractivity contribution in [2.24, 2.45) is 17.3 Å². The van der Waals surface area contributed by atoms with Crippen LogP contribution >= 0.6 is 11.6 Å². The zero-order valence-corrected chi connectivity index (χ0v) is 18.8. The Morgan fingerprint density at radius 2 is 1.97 bits per heavy atom. The van der Waals surface area contributed by atoms with Gasteiger partial charge in [0.25, 0.3) is 11.6 Å². The summed E-state index contributed by atoms with van der Waals surface area (Å²) in [6.45, 7) is 7.19. The molecule has 0 radical (unpaired) electrons. The molecule has 1 fully saturated rings. The predicted molar refractivity (Wildman–Crippen MR) is 122 cm³/mol. The van der Waals surface area contributed by atoms with E-state index >= 15 is 0 Å². The van der Waals surface area contributed by atoms with Crippen molar-refractivity contribution in [1.29, 1.82) is 0 Å². The number of hydrogen-bond acceptors (Lipinski definition) is 3. The molecule has 2 bridgehead atoms. The molecule has 2 aromatic carbocycles. The molecule has 3 aliphatic rings. The molecule has 1 saturated carbocycles. The largest absolute Gasteiger partial charge is 0.328 e. The standard InChI is InChI=1S/C25H27ClN2O3/c1-16(17-7-5-4-6-8-17)27(15-18-9-10-19-13-22(18)25(19,2)3)24(29)21-12-11-20(28(30)31)14-23(21)26/h4-9,11-12,14,16,19,22H,10,13,15H2,1-3H3. The summed E-state index contributed by atoms with van der Waals surface area (Å²) >= 11 is 6.32. The van der Waals surface area contributed by atoms with Gasteiger partial charge in [0.15, 0.2) is 0 Å². The Balaban J connectivity index is 1.68. The Bertz CT molecular complexity index is 1050. The summed E-state index contributed by atoms with van der Waals surface area (Å²) in [4.78, 5) is 26.1. The quantitative estimate of drug-likeness (QED) is 0.296. The first-order chi connectivity index (χ1) is 14.7. The maximum Gasteiger partial charge on any atom is 0.270 e. The zero-order chi connectivity index (χ0) is 22.3. The number of benzene rings is 2. The van der Waals surface area contributed by atoms with Crippen molar-refractivity contribution in [1.82, 2.24) is 4.90 Å². The maximum atomic E-state index is 13.7. The molecule has 0 aliphatic heterocycles. The molecule has 3 unspecified atom stereocenters. The topological polar surface area (TPSA) is 63.5 Å². The molecule has 0 N–H and O–H groups in total. The molecule has 0 saturated heterocycles. The van der Waals surface area contributed by atoms with Gasteiger partial charge in [-0.3, -0.25) is 14.9 Å². The van der Waals surface area contributed by atoms with Gasteiger partial charge in [-0.2, -0.15) is 0 Å². The van der Waals surface area contributed by atoms with Crippen LogP contribution in [0, 0.1) is 27.4 Å². The van der Waals surface area contributed by atoms with Crippen LogP contribution in [0.1, 0.15) is 55.6 Å². The zero-order valence-electron chi connectivity index (χ0n) is 18.0. The number of carbonyl (C=O) groups is 1. The summed E-state index contributed by atoms with van der Waals surface area (Å²) in [5, 5.41) is 11.2. The lowest BCUT2D eigenvalue weighted by Crippen LogP contribution is -2.50. The Hall–Kier alpha value is -2.66. The Morgan fingerprint density at radius 3 is 2.55 bits per heavy atom. The van der Waals surface area contributed by atoms with E-state index < -0.39 is 4.92 Å². The van der Waals surface area contributed by atoms with Gasteiger partial charge >= 0.3 is 0 Å². The summed E-state index contributed by atoms with van der Waals surface area (Å²) in [5.74, 6) is 0.995. The van der Waals surface area contributed by atoms with Crippen molar-refractivity contribution in [3.63, 3.8) is 0 Å². The average Bonchev–Trinajstić information content (AvgIpc) is 2.77. The number of halogens is 1. The molecule has 3 aliphatic carbocycles. The number of amides is 1. The lowest BCUT2D eigenvalue weighted by Gasteiger charge is -2.57. The fourth-order valence-electron chi connectivity index (χ4n) is 5.09. The minimum Gasteiger partial charge on any atom is -0.328 e. The molecular weight excluding hydrogens is 412 g/mol. The van der Waals surface area contributed by atoms with Gasteiger partial charge in [-0.05, 0) is 48.6 Å². The van der Waals surface area contributed by atoms with E-state index in [1.807, 2.05) is 42.2 Å². The minimum absolute atomic E-state index is 0.103. The summed E-state index contributed by atoms with van der Waals surface area (Å²) in [6, 6.07) is 13.8. The van der Waals surface area contributed by atoms with E-state index in [0.717, 1.165) is 17.9 Å². The third-order valence-electron chi connectivity index (χ3n) is 7.34. The molecule has 5 rings (SSSR count). The molecule has 2 aromatic rings. The first-order valence-electron chi connectivity index (χ1n) is 10.7. The fourth-order valence-corrected chi connectivity index (χ4v) is 5.35. The van der Waals surface area contributed by atoms with Crippen LogP contribution in [0.5, 0.6) is 0 Å². The third-order valence-corrected chi connectivity index (χ3v) is 7.65. The smallest absolute Gasteiger partial charge is 0.270 e. The number of nitrogens with zero attached hydrogens (tertiary/aromatic N) is 2. The number of carbonyl (C=O) groups excluding carboxylic acids is 1. The van der Waals surface area contributed by atoms with Crippen LogP contribution in [-0.4, -0.2) is 22.3 Å². The van der Waals surface area contributed by atoms with Crippen LogP contribution in [-0.2, 0) is 0 Å². The van der Waals surface area contributed by atoms with Crippen LogP contribution in [0.3, 0.4) is 0 Å². The highest BCUT2D eigenvalue weighted by Gasteiger charge is 2.51. The van der Waals surface area contributed by atoms with E-state index in [0.29, 0.717) is 12.5 Å². The molecule has 3 atom stereocenters. The van der Waals surface area contributed by atoms with E-state index in [9.17, 15) is 14.9 Å². The van der Waals surface area contributed by atoms with Gasteiger partial charge in [0.2, 0.25) is 0 Å². The van der Waals surface area contributed by atoms with Crippen LogP contribution in [0.15, 0.2) is 60.2 Å². The lowest BCUT2D eigenvalue weighted by atomic mass is 9.49. The van der Waals surface area contributed by atoms with E-state index in [2.05, 4.69) is 19.9 Å². The normalized spacial score (nSPS) is 22.1. The van der Waals surface area contributed by atoms with E-state index in [4.69, 9.17) is 11.6 Å². The second kappa shape index (κ2) is 8.12. The molecular formula is C25H27ClN2O3. The maximum absolute atomic E-state index is 13.7. The number of nitro groups is 1. The molecule has 0 spiro atoms. The molecule has 31 heavy (non-hydrogen) atoms. The summed E-state index contributed by atoms with van der Waals surface area (Å²) < 4.78 is 0. The van der Waals surface area contributed by atoms with Gasteiger partial charge in [0.05, 0.1) is 21.6 Å². The predicted octanol–water partition coefficient (Wildman–Crippen LogP) is 6.44. The molecule has 0 aromatic heterocycles. The second-order valence-corrected chi connectivity index (χ2v) is 9.67. The van der Waals surface area contributed by atoms with Gasteiger partial charge in [-0.15, -0.1) is 0 Å². The molecule has 5 nitrogen and oxygen atoms in total. The van der Waals surface area contributed by atoms with Crippen molar-refractivity contribution in [2.45, 2.75) is 39.7 Å². The van der Waals surface area contributed by atoms with Crippen LogP contribution in [0.4, 0.5) is 5.69 Å². The van der Waals surface area contributed by atoms with Gasteiger partial charge in [-0.1, -0.05) is 67.4 Å². The van der Waals surface area contributed by atoms with E-state index in [-0.39, 0.29) is 33.6 Å². The highest BCUT2D eigenvalue weighted by atomic mass is 35.5. The summed E-state index contributed by atoms with van der Waals surface area (Å²) in [7, 11) is 0. The van der Waals surface area contributed by atoms with Gasteiger partial charge < -0.3 is 4.90 Å². The highest BCUT2D eigenvalue weighted by Crippen LogP contribution is 2.59. The monoisotopic (exact) mass is 438 g/mol. The van der Waals surface area contributed by atoms with Gasteiger partial charge in [0, 0.05) is 18.7 Å². The molecule has 6 heteroatoms. The van der Waals surface area contributed by atoms with Crippen molar-refractivity contribution in [3.05, 3.63) is 86.4 Å². The Morgan fingerprint density at radius 1 is 1.26 bits per heavy atom. The number of non-ortho nitro benzene ring substituents is 1. The van der Waals surface area contributed by atoms with Crippen LogP contribution in [0.25, 0.3) is 0 Å². The molecule has 162 valence electrons. The number of nitro benzene ring substituents is 1. The molecule has 1 amide bonds. The third kappa shape index (κ3) is 3.87. The van der Waals surface area contributed by atoms with Crippen molar-refractivity contribution in [3.8, 4) is 0 Å². The highest BCUT2D eigenvalue weighted by molar-refractivity contribution is 6.34. The minimum atomic E-state index is -0.508. The SMILES string of the molecule is CC(c1ccccc1)N(CC1=CCC2CC1C2(C)C)C(=O)c1ccc([N+](=O)[O-])cc1Cl. The average molecular weight is 439 g/mol. The number of hydrogen-bond donors (Lipinski definition) is 0. The van der Waals surface area contributed by atoms with Crippen molar-refractivity contribution in [2.75, 3.05) is 6.54 Å². The van der Waals surface area contributed by atoms with Crippen molar-refractivity contribution < 1.29 is 9.72 Å². The lowest BCUT2D eigenvalue weighted by molar-refractivity contribution is -0.384. The van der Waals surface area contributed by atoms with Crippen LogP contribution in [0.2, 0.25) is 5.02 Å². The fraction of sp³-hybridized carbons (Fsp3) is 0.400. The summed E-state index contributed by atoms with van der Waals surface area (Å²) in [6.07, 6.45) is 4.54. The Kier molecular flexibility index (Phi) is 5.65. The number of fused-ring (bicyclic) bond motifs is 1. The van der Waals surface area contributed by atoms with Gasteiger partial charge in [0.1, 0.15) is 0 Å². The van der Waals surface area contributed by atoms with Gasteiger partial charge in [-0.25, -0.2) is 0 Å². The summed E-state index contributed by atoms with van der Waals surface area (Å²) in [5.41, 5.74) is 2.77. The number of allylic oxidation sites excluding steroid dienone is 1. The Labute approximate surface area is 187 Å². The molecule has 0 heterocycles. The first-order valence-corrected chi connectivity index (χ1v) is 11.1. The van der Waals surface area contributed by atoms with E-state index in [1.165, 1.54) is 30.2 Å². The van der Waals surface area contributed by atoms with Crippen molar-refractivity contribution >= 4 is 23.2 Å².